The largest absolute Gasteiger partial charge is 0.493 e. The van der Waals surface area contributed by atoms with Crippen molar-refractivity contribution in [1.82, 2.24) is 0 Å². The second kappa shape index (κ2) is 4.99. The summed E-state index contributed by atoms with van der Waals surface area (Å²) < 4.78 is 18.3. The Labute approximate surface area is 143 Å². The van der Waals surface area contributed by atoms with Gasteiger partial charge in [0.2, 0.25) is 0 Å². The highest BCUT2D eigenvalue weighted by Gasteiger charge is 2.66. The van der Waals surface area contributed by atoms with Gasteiger partial charge in [-0.1, -0.05) is 18.2 Å². The summed E-state index contributed by atoms with van der Waals surface area (Å²) in [5, 5.41) is 0. The zero-order valence-corrected chi connectivity index (χ0v) is 14.7. The number of rotatable bonds is 3. The van der Waals surface area contributed by atoms with E-state index in [1.54, 1.807) is 12.0 Å². The van der Waals surface area contributed by atoms with Gasteiger partial charge in [0.25, 0.3) is 0 Å². The third-order valence-electron chi connectivity index (χ3n) is 6.85. The Balaban J connectivity index is 1.76. The molecule has 128 valence electrons. The number of piperidine rings is 1. The summed E-state index contributed by atoms with van der Waals surface area (Å²) >= 11 is 0. The number of nitrogens with one attached hydrogen (secondary N) is 1. The van der Waals surface area contributed by atoms with E-state index in [4.69, 9.17) is 14.2 Å². The minimum absolute atomic E-state index is 0.0355. The van der Waals surface area contributed by atoms with Crippen LogP contribution in [-0.2, 0) is 16.6 Å². The first-order valence-corrected chi connectivity index (χ1v) is 9.20. The fraction of sp³-hybridized carbons (Fsp3) is 0.600. The maximum Gasteiger partial charge on any atom is 0.165 e. The van der Waals surface area contributed by atoms with E-state index in [9.17, 15) is 0 Å². The molecule has 2 heterocycles. The Hall–Kier alpha value is -1.52. The lowest BCUT2D eigenvalue weighted by Crippen LogP contribution is -3.16. The number of hydrogen-bond acceptors (Lipinski definition) is 3. The fourth-order valence-electron chi connectivity index (χ4n) is 5.85. The molecule has 4 aliphatic rings. The molecule has 0 amide bonds. The third-order valence-corrected chi connectivity index (χ3v) is 6.85. The lowest BCUT2D eigenvalue weighted by Gasteiger charge is -2.54. The minimum Gasteiger partial charge on any atom is -0.493 e. The fourth-order valence-corrected chi connectivity index (χ4v) is 5.85. The molecular weight excluding hydrogens is 302 g/mol. The van der Waals surface area contributed by atoms with E-state index in [1.165, 1.54) is 17.7 Å². The summed E-state index contributed by atoms with van der Waals surface area (Å²) in [5.41, 5.74) is 2.95. The van der Waals surface area contributed by atoms with Gasteiger partial charge in [-0.2, -0.15) is 0 Å². The standard InChI is InChI=1S/C20H25NO3/c1-4-23-16-8-6-13-14-11-12-5-7-15(22-3)18-17(12)20(13,19(16)24-18)9-10-21(14)2/h5-8,13-14,16,19H,4,9-11H2,1-3H3/p+1/t13?,14?,16-,19?,20-/m0/s1. The van der Waals surface area contributed by atoms with Crippen LogP contribution in [-0.4, -0.2) is 45.6 Å². The van der Waals surface area contributed by atoms with Crippen LogP contribution in [0.5, 0.6) is 11.5 Å². The Morgan fingerprint density at radius 3 is 3.00 bits per heavy atom. The van der Waals surface area contributed by atoms with E-state index >= 15 is 0 Å². The van der Waals surface area contributed by atoms with Crippen LogP contribution in [0.25, 0.3) is 0 Å². The molecular formula is C20H26NO3+. The summed E-state index contributed by atoms with van der Waals surface area (Å²) in [7, 11) is 4.08. The molecule has 2 aliphatic heterocycles. The topological polar surface area (TPSA) is 32.1 Å². The molecule has 1 saturated heterocycles. The molecule has 24 heavy (non-hydrogen) atoms. The van der Waals surface area contributed by atoms with Crippen molar-refractivity contribution in [2.45, 2.75) is 43.4 Å². The summed E-state index contributed by atoms with van der Waals surface area (Å²) in [5.74, 6) is 2.39. The van der Waals surface area contributed by atoms with E-state index < -0.39 is 0 Å². The van der Waals surface area contributed by atoms with Crippen molar-refractivity contribution in [3.63, 3.8) is 0 Å². The highest BCUT2D eigenvalue weighted by molar-refractivity contribution is 5.61. The number of quaternary nitrogens is 1. The lowest BCUT2D eigenvalue weighted by molar-refractivity contribution is -0.917. The van der Waals surface area contributed by atoms with Crippen molar-refractivity contribution in [1.29, 1.82) is 0 Å². The van der Waals surface area contributed by atoms with Crippen molar-refractivity contribution in [3.05, 3.63) is 35.4 Å². The molecule has 1 spiro atoms. The number of methoxy groups -OCH3 is 1. The third kappa shape index (κ3) is 1.61. The Bertz CT molecular complexity index is 715. The first kappa shape index (κ1) is 14.8. The van der Waals surface area contributed by atoms with Gasteiger partial charge in [-0.3, -0.25) is 0 Å². The average molecular weight is 328 g/mol. The van der Waals surface area contributed by atoms with Crippen LogP contribution in [0.15, 0.2) is 24.3 Å². The second-order valence-electron chi connectivity index (χ2n) is 7.70. The summed E-state index contributed by atoms with van der Waals surface area (Å²) in [6.45, 7) is 3.97. The highest BCUT2D eigenvalue weighted by atomic mass is 16.6. The van der Waals surface area contributed by atoms with Crippen molar-refractivity contribution in [2.24, 2.45) is 5.92 Å². The molecule has 1 aromatic carbocycles. The molecule has 1 aromatic rings. The van der Waals surface area contributed by atoms with Crippen molar-refractivity contribution in [3.8, 4) is 11.5 Å². The van der Waals surface area contributed by atoms with Gasteiger partial charge in [-0.05, 0) is 18.6 Å². The molecule has 2 aliphatic carbocycles. The first-order chi connectivity index (χ1) is 11.7. The van der Waals surface area contributed by atoms with Crippen LogP contribution in [0.4, 0.5) is 0 Å². The molecule has 0 radical (unpaired) electrons. The van der Waals surface area contributed by atoms with Crippen molar-refractivity contribution in [2.75, 3.05) is 27.3 Å². The van der Waals surface area contributed by atoms with Gasteiger partial charge >= 0.3 is 0 Å². The van der Waals surface area contributed by atoms with Crippen LogP contribution in [0.2, 0.25) is 0 Å². The van der Waals surface area contributed by atoms with E-state index in [2.05, 4.69) is 38.3 Å². The Morgan fingerprint density at radius 2 is 2.21 bits per heavy atom. The molecule has 4 nitrogen and oxygen atoms in total. The van der Waals surface area contributed by atoms with Gasteiger partial charge in [0.1, 0.15) is 12.2 Å². The monoisotopic (exact) mass is 328 g/mol. The summed E-state index contributed by atoms with van der Waals surface area (Å²) in [6.07, 6.45) is 7.09. The average Bonchev–Trinajstić information content (AvgIpc) is 2.94. The molecule has 1 fully saturated rings. The van der Waals surface area contributed by atoms with Crippen LogP contribution >= 0.6 is 0 Å². The predicted molar refractivity (Wildman–Crippen MR) is 91.0 cm³/mol. The quantitative estimate of drug-likeness (QED) is 0.844. The maximum absolute atomic E-state index is 6.59. The smallest absolute Gasteiger partial charge is 0.165 e. The zero-order chi connectivity index (χ0) is 16.5. The number of benzene rings is 1. The van der Waals surface area contributed by atoms with E-state index in [1.807, 2.05) is 0 Å². The van der Waals surface area contributed by atoms with E-state index in [-0.39, 0.29) is 17.6 Å². The van der Waals surface area contributed by atoms with E-state index in [0.717, 1.165) is 24.3 Å². The van der Waals surface area contributed by atoms with Crippen molar-refractivity contribution >= 4 is 0 Å². The minimum atomic E-state index is 0.0355. The zero-order valence-electron chi connectivity index (χ0n) is 14.7. The number of hydrogen-bond donors (Lipinski definition) is 1. The van der Waals surface area contributed by atoms with Gasteiger partial charge in [0.15, 0.2) is 11.5 Å². The maximum atomic E-state index is 6.59. The molecule has 2 bridgehead atoms. The molecule has 4 unspecified atom stereocenters. The lowest BCUT2D eigenvalue weighted by atomic mass is 9.53. The molecule has 4 heteroatoms. The van der Waals surface area contributed by atoms with Gasteiger partial charge in [-0.25, -0.2) is 0 Å². The summed E-state index contributed by atoms with van der Waals surface area (Å²) in [6, 6.07) is 4.98. The van der Waals surface area contributed by atoms with Gasteiger partial charge in [0, 0.05) is 30.9 Å². The van der Waals surface area contributed by atoms with Crippen molar-refractivity contribution < 1.29 is 19.1 Å². The Morgan fingerprint density at radius 1 is 1.33 bits per heavy atom. The highest BCUT2D eigenvalue weighted by Crippen LogP contribution is 2.61. The van der Waals surface area contributed by atoms with Crippen LogP contribution in [0.3, 0.4) is 0 Å². The number of ether oxygens (including phenoxy) is 3. The number of likely N-dealkylation sites (tertiary alicyclic amines) is 1. The Kier molecular flexibility index (Phi) is 3.08. The van der Waals surface area contributed by atoms with E-state index in [0.29, 0.717) is 18.6 Å². The normalized spacial score (nSPS) is 40.9. The molecule has 1 N–H and O–H groups in total. The van der Waals surface area contributed by atoms with Gasteiger partial charge in [-0.15, -0.1) is 0 Å². The second-order valence-corrected chi connectivity index (χ2v) is 7.70. The van der Waals surface area contributed by atoms with Crippen LogP contribution < -0.4 is 14.4 Å². The first-order valence-electron chi connectivity index (χ1n) is 9.20. The molecule has 0 saturated carbocycles. The summed E-state index contributed by atoms with van der Waals surface area (Å²) in [4.78, 5) is 1.65. The molecule has 6 atom stereocenters. The molecule has 0 aromatic heterocycles. The van der Waals surface area contributed by atoms with Crippen LogP contribution in [0, 0.1) is 5.92 Å². The van der Waals surface area contributed by atoms with Gasteiger partial charge in [0.05, 0.1) is 32.2 Å². The predicted octanol–water partition coefficient (Wildman–Crippen LogP) is 1.13. The number of likely N-dealkylation sites (N-methyl/N-ethyl adjacent to an activating group) is 1. The van der Waals surface area contributed by atoms with Gasteiger partial charge < -0.3 is 19.1 Å². The SMILES string of the molecule is CCO[C@H]1C=CC2C3Cc4ccc(OC)c5c4[C@@]2(CC[NH+]3C)C1O5. The molecule has 5 rings (SSSR count). The van der Waals surface area contributed by atoms with Crippen LogP contribution in [0.1, 0.15) is 24.5 Å².